The molecule has 0 spiro atoms. The third-order valence-corrected chi connectivity index (χ3v) is 7.30. The maximum absolute atomic E-state index is 11.9. The second-order valence-corrected chi connectivity index (χ2v) is 10.1. The number of nitrogens with one attached hydrogen (secondary N) is 2. The van der Waals surface area contributed by atoms with Crippen LogP contribution < -0.4 is 21.2 Å². The molecule has 0 unspecified atom stereocenters. The van der Waals surface area contributed by atoms with Gasteiger partial charge in [-0.2, -0.15) is 5.10 Å². The predicted octanol–water partition coefficient (Wildman–Crippen LogP) is 3.46. The van der Waals surface area contributed by atoms with Crippen molar-refractivity contribution in [3.8, 4) is 17.1 Å². The molecule has 3 rings (SSSR count). The zero-order chi connectivity index (χ0) is 29.4. The van der Waals surface area contributed by atoms with Gasteiger partial charge in [0.25, 0.3) is 0 Å². The Balaban J connectivity index is 2.06. The summed E-state index contributed by atoms with van der Waals surface area (Å²) in [6.07, 6.45) is 0.158. The quantitative estimate of drug-likeness (QED) is 0.178. The first-order chi connectivity index (χ1) is 19.1. The molecule has 1 atom stereocenters. The predicted molar refractivity (Wildman–Crippen MR) is 158 cm³/mol. The number of hydrogen-bond donors (Lipinski definition) is 4. The number of hydrogen-bond acceptors (Lipinski definition) is 11. The van der Waals surface area contributed by atoms with Gasteiger partial charge in [0, 0.05) is 32.7 Å². The van der Waals surface area contributed by atoms with Crippen LogP contribution in [0.25, 0.3) is 11.4 Å². The Morgan fingerprint density at radius 1 is 1.25 bits per heavy atom. The van der Waals surface area contributed by atoms with E-state index in [1.807, 2.05) is 0 Å². The molecule has 0 aliphatic carbocycles. The standard InChI is InChI=1S/C25H33Cl3N8O4/c1-13(35-29)21(31-3)22-20(28)24(32-14-7-9-36(10-8-14)25(38)39-4)34-23(33-22)18-16(26)5-6-17(19(18)27)40-12-15(37)11-30-2/h5-6,14-15,30,37H,7-12,29H2,1-4H3,(H,32,33,34)/t15-/m1/s1. The van der Waals surface area contributed by atoms with Gasteiger partial charge in [-0.1, -0.05) is 34.8 Å². The van der Waals surface area contributed by atoms with Gasteiger partial charge in [-0.25, -0.2) is 14.8 Å². The van der Waals surface area contributed by atoms with Crippen molar-refractivity contribution in [2.75, 3.05) is 52.8 Å². The van der Waals surface area contributed by atoms with Crippen LogP contribution in [-0.4, -0.2) is 97.1 Å². The van der Waals surface area contributed by atoms with E-state index in [4.69, 9.17) is 50.1 Å². The Kier molecular flexibility index (Phi) is 11.6. The van der Waals surface area contributed by atoms with Crippen molar-refractivity contribution in [1.29, 1.82) is 0 Å². The monoisotopic (exact) mass is 614 g/mol. The average molecular weight is 616 g/mol. The molecule has 5 N–H and O–H groups in total. The number of carbonyl (C=O) groups is 1. The molecular formula is C25H33Cl3N8O4. The number of halogens is 3. The first-order valence-corrected chi connectivity index (χ1v) is 13.6. The molecule has 15 heteroatoms. The number of ether oxygens (including phenoxy) is 2. The number of carbonyl (C=O) groups excluding carboxylic acids is 1. The molecule has 2 aromatic rings. The first kappa shape index (κ1) is 31.6. The molecule has 0 saturated carbocycles. The Hall–Kier alpha value is -2.90. The molecule has 40 heavy (non-hydrogen) atoms. The lowest BCUT2D eigenvalue weighted by Gasteiger charge is -2.32. The number of rotatable bonds is 10. The summed E-state index contributed by atoms with van der Waals surface area (Å²) in [5, 5.41) is 20.7. The molecule has 1 aliphatic heterocycles. The van der Waals surface area contributed by atoms with Gasteiger partial charge in [-0.3, -0.25) is 4.99 Å². The highest BCUT2D eigenvalue weighted by molar-refractivity contribution is 6.50. The van der Waals surface area contributed by atoms with E-state index in [9.17, 15) is 9.90 Å². The van der Waals surface area contributed by atoms with Crippen LogP contribution >= 0.6 is 34.8 Å². The van der Waals surface area contributed by atoms with Gasteiger partial charge in [0.05, 0.1) is 28.4 Å². The number of aliphatic hydroxyl groups excluding tert-OH is 1. The van der Waals surface area contributed by atoms with Crippen molar-refractivity contribution >= 4 is 58.1 Å². The number of likely N-dealkylation sites (N-methyl/N-ethyl adjacent to an activating group) is 1. The molecule has 1 saturated heterocycles. The van der Waals surface area contributed by atoms with Crippen LogP contribution in [0, 0.1) is 0 Å². The van der Waals surface area contributed by atoms with Crippen molar-refractivity contribution in [3.63, 3.8) is 0 Å². The van der Waals surface area contributed by atoms with Crippen LogP contribution in [0.4, 0.5) is 10.6 Å². The van der Waals surface area contributed by atoms with Crippen LogP contribution in [0.15, 0.2) is 22.2 Å². The second kappa shape index (κ2) is 14.6. The van der Waals surface area contributed by atoms with E-state index in [1.165, 1.54) is 7.11 Å². The third kappa shape index (κ3) is 7.43. The molecule has 1 aromatic heterocycles. The van der Waals surface area contributed by atoms with Gasteiger partial charge < -0.3 is 36.0 Å². The largest absolute Gasteiger partial charge is 0.489 e. The molecule has 218 valence electrons. The summed E-state index contributed by atoms with van der Waals surface area (Å²) in [5.74, 6) is 6.33. The molecule has 1 aliphatic rings. The Morgan fingerprint density at radius 2 is 1.95 bits per heavy atom. The summed E-state index contributed by atoms with van der Waals surface area (Å²) in [5.41, 5.74) is 1.34. The number of benzene rings is 1. The minimum absolute atomic E-state index is 0.00420. The molecule has 2 heterocycles. The van der Waals surface area contributed by atoms with Crippen molar-refractivity contribution in [3.05, 3.63) is 32.9 Å². The Labute approximate surface area is 247 Å². The summed E-state index contributed by atoms with van der Waals surface area (Å²) in [7, 11) is 4.66. The lowest BCUT2D eigenvalue weighted by molar-refractivity contribution is 0.108. The fraction of sp³-hybridized carbons (Fsp3) is 0.480. The van der Waals surface area contributed by atoms with Gasteiger partial charge in [0.15, 0.2) is 5.82 Å². The number of anilines is 1. The number of methoxy groups -OCH3 is 1. The van der Waals surface area contributed by atoms with E-state index in [1.54, 1.807) is 38.1 Å². The summed E-state index contributed by atoms with van der Waals surface area (Å²) < 4.78 is 10.6. The van der Waals surface area contributed by atoms with Crippen LogP contribution in [0.3, 0.4) is 0 Å². The maximum Gasteiger partial charge on any atom is 0.409 e. The normalized spacial score (nSPS) is 15.7. The zero-order valence-corrected chi connectivity index (χ0v) is 24.9. The fourth-order valence-electron chi connectivity index (χ4n) is 4.17. The molecule has 1 aromatic carbocycles. The number of likely N-dealkylation sites (tertiary alicyclic amines) is 1. The minimum Gasteiger partial charge on any atom is -0.489 e. The highest BCUT2D eigenvalue weighted by Gasteiger charge is 2.27. The first-order valence-electron chi connectivity index (χ1n) is 12.5. The summed E-state index contributed by atoms with van der Waals surface area (Å²) in [6.45, 7) is 3.04. The van der Waals surface area contributed by atoms with Crippen LogP contribution in [0.2, 0.25) is 15.1 Å². The van der Waals surface area contributed by atoms with Crippen molar-refractivity contribution < 1.29 is 19.4 Å². The number of nitrogens with zero attached hydrogens (tertiary/aromatic N) is 5. The number of aliphatic hydroxyl groups is 1. The third-order valence-electron chi connectivity index (χ3n) is 6.25. The van der Waals surface area contributed by atoms with Gasteiger partial charge in [0.2, 0.25) is 0 Å². The van der Waals surface area contributed by atoms with Gasteiger partial charge in [-0.15, -0.1) is 0 Å². The summed E-state index contributed by atoms with van der Waals surface area (Å²) >= 11 is 20.2. The van der Waals surface area contributed by atoms with Crippen molar-refractivity contribution in [1.82, 2.24) is 20.2 Å². The van der Waals surface area contributed by atoms with Crippen molar-refractivity contribution in [2.45, 2.75) is 31.9 Å². The second-order valence-electron chi connectivity index (χ2n) is 8.98. The van der Waals surface area contributed by atoms with E-state index in [0.717, 1.165) is 0 Å². The zero-order valence-electron chi connectivity index (χ0n) is 22.7. The lowest BCUT2D eigenvalue weighted by Crippen LogP contribution is -2.42. The summed E-state index contributed by atoms with van der Waals surface area (Å²) in [6, 6.07) is 3.17. The van der Waals surface area contributed by atoms with E-state index >= 15 is 0 Å². The average Bonchev–Trinajstić information content (AvgIpc) is 2.95. The number of piperidine rings is 1. The van der Waals surface area contributed by atoms with E-state index in [0.29, 0.717) is 61.0 Å². The smallest absolute Gasteiger partial charge is 0.409 e. The molecule has 0 radical (unpaired) electrons. The molecular weight excluding hydrogens is 583 g/mol. The fourth-order valence-corrected chi connectivity index (χ4v) is 4.99. The van der Waals surface area contributed by atoms with E-state index in [2.05, 4.69) is 30.7 Å². The van der Waals surface area contributed by atoms with Gasteiger partial charge in [-0.05, 0) is 38.9 Å². The molecule has 1 amide bonds. The summed E-state index contributed by atoms with van der Waals surface area (Å²) in [4.78, 5) is 27.2. The number of aromatic nitrogens is 2. The van der Waals surface area contributed by atoms with E-state index in [-0.39, 0.29) is 45.3 Å². The number of nitrogens with two attached hydrogens (primary N) is 1. The molecule has 0 bridgehead atoms. The highest BCUT2D eigenvalue weighted by Crippen LogP contribution is 2.41. The van der Waals surface area contributed by atoms with E-state index < -0.39 is 6.10 Å². The number of amides is 1. The van der Waals surface area contributed by atoms with Crippen LogP contribution in [-0.2, 0) is 4.74 Å². The topological polar surface area (TPSA) is 160 Å². The van der Waals surface area contributed by atoms with Gasteiger partial charge >= 0.3 is 6.09 Å². The van der Waals surface area contributed by atoms with Crippen molar-refractivity contribution in [2.24, 2.45) is 15.9 Å². The maximum atomic E-state index is 11.9. The minimum atomic E-state index is -0.748. The Morgan fingerprint density at radius 3 is 2.55 bits per heavy atom. The van der Waals surface area contributed by atoms with Crippen LogP contribution in [0.5, 0.6) is 5.75 Å². The van der Waals surface area contributed by atoms with Crippen LogP contribution in [0.1, 0.15) is 25.5 Å². The number of aliphatic imine (C=N–C) groups is 1. The SMILES string of the molecule is CN=C(C(C)=NN)c1nc(-c2c(Cl)ccc(OC[C@H](O)CNC)c2Cl)nc(NC2CCN(C(=O)OC)CC2)c1Cl. The number of hydrazone groups is 1. The van der Waals surface area contributed by atoms with Gasteiger partial charge in [0.1, 0.15) is 40.7 Å². The lowest BCUT2D eigenvalue weighted by atomic mass is 10.1. The highest BCUT2D eigenvalue weighted by atomic mass is 35.5. The molecule has 12 nitrogen and oxygen atoms in total. The molecule has 1 fully saturated rings. The Bertz CT molecular complexity index is 1270.